The summed E-state index contributed by atoms with van der Waals surface area (Å²) in [4.78, 5) is 35.4. The molecule has 0 spiro atoms. The summed E-state index contributed by atoms with van der Waals surface area (Å²) in [5.41, 5.74) is 1.20. The Balaban J connectivity index is 1.35. The number of imide groups is 1. The molecule has 0 fully saturated rings. The minimum Gasteiger partial charge on any atom is -0.483 e. The van der Waals surface area contributed by atoms with Crippen LogP contribution in [0.4, 0.5) is 5.69 Å². The van der Waals surface area contributed by atoms with Crippen LogP contribution in [0.25, 0.3) is 0 Å². The first kappa shape index (κ1) is 19.7. The minimum absolute atomic E-state index is 0.128. The largest absolute Gasteiger partial charge is 0.483 e. The molecule has 1 aliphatic rings. The van der Waals surface area contributed by atoms with Crippen LogP contribution in [0.3, 0.4) is 0 Å². The Labute approximate surface area is 180 Å². The van der Waals surface area contributed by atoms with E-state index >= 15 is 0 Å². The average molecular weight is 467 g/mol. The lowest BCUT2D eigenvalue weighted by molar-refractivity contribution is -0.118. The number of carbonyl (C=O) groups is 3. The standard InChI is InChI=1S/C22H15BrN2O5/c23-18-3-1-2-4-19(18)29-12-20(26)24-13-5-7-14(8-6-13)30-15-9-10-16-17(11-15)22(28)25-21(16)27/h1-11H,12H2,(H,24,26)(H,25,27,28). The van der Waals surface area contributed by atoms with Crippen molar-refractivity contribution in [2.24, 2.45) is 0 Å². The van der Waals surface area contributed by atoms with Gasteiger partial charge in [0.05, 0.1) is 15.6 Å². The highest BCUT2D eigenvalue weighted by Crippen LogP contribution is 2.27. The van der Waals surface area contributed by atoms with Gasteiger partial charge in [0.2, 0.25) is 0 Å². The number of halogens is 1. The van der Waals surface area contributed by atoms with E-state index in [1.54, 1.807) is 42.5 Å². The molecule has 3 amide bonds. The molecular formula is C22H15BrN2O5. The lowest BCUT2D eigenvalue weighted by atomic mass is 10.1. The van der Waals surface area contributed by atoms with E-state index in [0.29, 0.717) is 28.5 Å². The van der Waals surface area contributed by atoms with Gasteiger partial charge in [-0.15, -0.1) is 0 Å². The highest BCUT2D eigenvalue weighted by Gasteiger charge is 2.26. The summed E-state index contributed by atoms with van der Waals surface area (Å²) >= 11 is 3.36. The molecular weight excluding hydrogens is 452 g/mol. The first-order valence-corrected chi connectivity index (χ1v) is 9.74. The highest BCUT2D eigenvalue weighted by atomic mass is 79.9. The number of carbonyl (C=O) groups excluding carboxylic acids is 3. The lowest BCUT2D eigenvalue weighted by Crippen LogP contribution is -2.20. The predicted molar refractivity (Wildman–Crippen MR) is 113 cm³/mol. The van der Waals surface area contributed by atoms with Crippen LogP contribution >= 0.6 is 15.9 Å². The number of ether oxygens (including phenoxy) is 2. The number of hydrogen-bond donors (Lipinski definition) is 2. The number of amides is 3. The molecule has 0 atom stereocenters. The van der Waals surface area contributed by atoms with Gasteiger partial charge in [-0.05, 0) is 70.5 Å². The fourth-order valence-electron chi connectivity index (χ4n) is 2.86. The molecule has 30 heavy (non-hydrogen) atoms. The van der Waals surface area contributed by atoms with E-state index in [-0.39, 0.29) is 18.1 Å². The second-order valence-electron chi connectivity index (χ2n) is 6.38. The van der Waals surface area contributed by atoms with Gasteiger partial charge in [-0.25, -0.2) is 0 Å². The third kappa shape index (κ3) is 4.33. The number of hydrogen-bond acceptors (Lipinski definition) is 5. The monoisotopic (exact) mass is 466 g/mol. The van der Waals surface area contributed by atoms with E-state index in [1.165, 1.54) is 6.07 Å². The Morgan fingerprint density at radius 2 is 1.60 bits per heavy atom. The van der Waals surface area contributed by atoms with Crippen LogP contribution < -0.4 is 20.1 Å². The summed E-state index contributed by atoms with van der Waals surface area (Å²) in [5, 5.41) is 4.98. The Bertz CT molecular complexity index is 1140. The molecule has 0 bridgehead atoms. The molecule has 2 N–H and O–H groups in total. The minimum atomic E-state index is -0.441. The number of benzene rings is 3. The second kappa shape index (κ2) is 8.38. The summed E-state index contributed by atoms with van der Waals surface area (Å²) in [5.74, 6) is 0.378. The third-order valence-electron chi connectivity index (χ3n) is 4.28. The zero-order chi connectivity index (χ0) is 21.1. The summed E-state index contributed by atoms with van der Waals surface area (Å²) in [6.45, 7) is -0.128. The van der Waals surface area contributed by atoms with Crippen LogP contribution in [-0.4, -0.2) is 24.3 Å². The first-order valence-electron chi connectivity index (χ1n) is 8.94. The van der Waals surface area contributed by atoms with E-state index in [9.17, 15) is 14.4 Å². The molecule has 150 valence electrons. The van der Waals surface area contributed by atoms with E-state index in [1.807, 2.05) is 18.2 Å². The normalized spacial score (nSPS) is 12.2. The molecule has 0 aromatic heterocycles. The Morgan fingerprint density at radius 1 is 0.900 bits per heavy atom. The molecule has 0 aliphatic carbocycles. The maximum atomic E-state index is 12.1. The number of fused-ring (bicyclic) bond motifs is 1. The van der Waals surface area contributed by atoms with Crippen LogP contribution in [0.1, 0.15) is 20.7 Å². The van der Waals surface area contributed by atoms with Crippen LogP contribution in [0.2, 0.25) is 0 Å². The second-order valence-corrected chi connectivity index (χ2v) is 7.24. The first-order chi connectivity index (χ1) is 14.5. The van der Waals surface area contributed by atoms with Crippen molar-refractivity contribution in [2.45, 2.75) is 0 Å². The molecule has 8 heteroatoms. The summed E-state index contributed by atoms with van der Waals surface area (Å²) in [7, 11) is 0. The summed E-state index contributed by atoms with van der Waals surface area (Å²) in [6.07, 6.45) is 0. The van der Waals surface area contributed by atoms with Crippen molar-refractivity contribution >= 4 is 39.3 Å². The van der Waals surface area contributed by atoms with E-state index in [0.717, 1.165) is 4.47 Å². The molecule has 1 aliphatic heterocycles. The van der Waals surface area contributed by atoms with E-state index in [4.69, 9.17) is 9.47 Å². The number of nitrogens with one attached hydrogen (secondary N) is 2. The van der Waals surface area contributed by atoms with Crippen molar-refractivity contribution < 1.29 is 23.9 Å². The van der Waals surface area contributed by atoms with Crippen molar-refractivity contribution in [1.29, 1.82) is 0 Å². The van der Waals surface area contributed by atoms with Crippen molar-refractivity contribution in [1.82, 2.24) is 5.32 Å². The van der Waals surface area contributed by atoms with Gasteiger partial charge >= 0.3 is 0 Å². The zero-order valence-corrected chi connectivity index (χ0v) is 17.1. The van der Waals surface area contributed by atoms with Gasteiger partial charge < -0.3 is 14.8 Å². The van der Waals surface area contributed by atoms with Crippen LogP contribution in [0, 0.1) is 0 Å². The van der Waals surface area contributed by atoms with E-state index in [2.05, 4.69) is 26.6 Å². The predicted octanol–water partition coefficient (Wildman–Crippen LogP) is 4.14. The molecule has 4 rings (SSSR count). The van der Waals surface area contributed by atoms with Crippen molar-refractivity contribution in [2.75, 3.05) is 11.9 Å². The number of rotatable bonds is 6. The van der Waals surface area contributed by atoms with Crippen LogP contribution in [0.15, 0.2) is 71.2 Å². The smallest absolute Gasteiger partial charge is 0.262 e. The molecule has 0 saturated heterocycles. The Kier molecular flexibility index (Phi) is 5.49. The molecule has 0 unspecified atom stereocenters. The maximum Gasteiger partial charge on any atom is 0.262 e. The van der Waals surface area contributed by atoms with Gasteiger partial charge in [-0.2, -0.15) is 0 Å². The van der Waals surface area contributed by atoms with Gasteiger partial charge in [-0.1, -0.05) is 12.1 Å². The average Bonchev–Trinajstić information content (AvgIpc) is 3.02. The highest BCUT2D eigenvalue weighted by molar-refractivity contribution is 9.10. The van der Waals surface area contributed by atoms with Crippen molar-refractivity contribution in [3.8, 4) is 17.2 Å². The SMILES string of the molecule is O=C(COc1ccccc1Br)Nc1ccc(Oc2ccc3c(c2)C(=O)NC3=O)cc1. The van der Waals surface area contributed by atoms with Crippen LogP contribution in [0.5, 0.6) is 17.2 Å². The van der Waals surface area contributed by atoms with Gasteiger partial charge in [-0.3, -0.25) is 19.7 Å². The van der Waals surface area contributed by atoms with Crippen molar-refractivity contribution in [3.63, 3.8) is 0 Å². The topological polar surface area (TPSA) is 93.7 Å². The molecule has 0 saturated carbocycles. The number of anilines is 1. The van der Waals surface area contributed by atoms with Gasteiger partial charge in [0.25, 0.3) is 17.7 Å². The van der Waals surface area contributed by atoms with Gasteiger partial charge in [0, 0.05) is 5.69 Å². The Morgan fingerprint density at radius 3 is 2.37 bits per heavy atom. The third-order valence-corrected chi connectivity index (χ3v) is 4.93. The maximum absolute atomic E-state index is 12.1. The quantitative estimate of drug-likeness (QED) is 0.532. The molecule has 0 radical (unpaired) electrons. The lowest BCUT2D eigenvalue weighted by Gasteiger charge is -2.10. The summed E-state index contributed by atoms with van der Waals surface area (Å²) < 4.78 is 12.0. The van der Waals surface area contributed by atoms with Crippen molar-refractivity contribution in [3.05, 3.63) is 82.3 Å². The van der Waals surface area contributed by atoms with Gasteiger partial charge in [0.15, 0.2) is 6.61 Å². The fourth-order valence-corrected chi connectivity index (χ4v) is 3.25. The molecule has 3 aromatic rings. The molecule has 3 aromatic carbocycles. The molecule has 7 nitrogen and oxygen atoms in total. The molecule has 1 heterocycles. The Hall–Kier alpha value is -3.65. The zero-order valence-electron chi connectivity index (χ0n) is 15.5. The fraction of sp³-hybridized carbons (Fsp3) is 0.0455. The van der Waals surface area contributed by atoms with Gasteiger partial charge in [0.1, 0.15) is 17.2 Å². The van der Waals surface area contributed by atoms with E-state index < -0.39 is 11.8 Å². The number of para-hydroxylation sites is 1. The van der Waals surface area contributed by atoms with Crippen LogP contribution in [-0.2, 0) is 4.79 Å². The summed E-state index contributed by atoms with van der Waals surface area (Å²) in [6, 6.07) is 18.7.